The Morgan fingerprint density at radius 1 is 1.45 bits per heavy atom. The minimum Gasteiger partial charge on any atom is -0.468 e. The van der Waals surface area contributed by atoms with Crippen LogP contribution < -0.4 is 4.72 Å². The lowest BCUT2D eigenvalue weighted by atomic mass is 10.1. The highest BCUT2D eigenvalue weighted by atomic mass is 32.2. The maximum absolute atomic E-state index is 9.31. The van der Waals surface area contributed by atoms with E-state index in [0.29, 0.717) is 19.1 Å². The number of carbonyl (C=O) groups is 1. The Bertz CT molecular complexity index is 1080. The summed E-state index contributed by atoms with van der Waals surface area (Å²) < 4.78 is 12.2. The van der Waals surface area contributed by atoms with Gasteiger partial charge in [0.05, 0.1) is 36.0 Å². The molecule has 1 aliphatic rings. The summed E-state index contributed by atoms with van der Waals surface area (Å²) in [6, 6.07) is 8.76. The molecule has 0 bridgehead atoms. The highest BCUT2D eigenvalue weighted by molar-refractivity contribution is 7.95. The summed E-state index contributed by atoms with van der Waals surface area (Å²) in [5, 5.41) is 10.5. The largest absolute Gasteiger partial charge is 0.468 e. The van der Waals surface area contributed by atoms with Crippen LogP contribution in [0.1, 0.15) is 34.3 Å². The number of ether oxygens (including phenoxy) is 1. The second kappa shape index (κ2) is 10.8. The Balaban J connectivity index is 0.000000491. The van der Waals surface area contributed by atoms with Crippen molar-refractivity contribution in [2.24, 2.45) is 0 Å². The molecule has 2 aromatic heterocycles. The molecule has 0 amide bonds. The molecule has 0 fully saturated rings. The maximum Gasteiger partial charge on any atom is 0.293 e. The molecule has 0 radical (unpaired) electrons. The zero-order valence-electron chi connectivity index (χ0n) is 18.2. The van der Waals surface area contributed by atoms with Crippen LogP contribution in [0, 0.1) is 18.3 Å². The van der Waals surface area contributed by atoms with Crippen LogP contribution in [0.5, 0.6) is 0 Å². The molecular weight excluding hydrogens is 430 g/mol. The molecule has 1 aliphatic carbocycles. The Labute approximate surface area is 191 Å². The van der Waals surface area contributed by atoms with Crippen molar-refractivity contribution < 1.29 is 9.53 Å². The average Bonchev–Trinajstić information content (AvgIpc) is 3.43. The second-order valence-corrected chi connectivity index (χ2v) is 9.48. The summed E-state index contributed by atoms with van der Waals surface area (Å²) in [4.78, 5) is 14.9. The normalized spacial score (nSPS) is 14.8. The maximum atomic E-state index is 9.31. The van der Waals surface area contributed by atoms with Gasteiger partial charge in [-0.2, -0.15) is 5.26 Å². The van der Waals surface area contributed by atoms with E-state index in [1.54, 1.807) is 30.4 Å². The topological polar surface area (TPSA) is 83.2 Å². The lowest BCUT2D eigenvalue weighted by molar-refractivity contribution is -0.128. The van der Waals surface area contributed by atoms with E-state index in [1.165, 1.54) is 27.0 Å². The number of hydrogen-bond donors (Lipinski definition) is 1. The number of nitrogens with zero attached hydrogens (tertiary/aromatic N) is 4. The number of carbonyl (C=O) groups excluding carboxylic acids is 1. The lowest BCUT2D eigenvalue weighted by Gasteiger charge is -2.16. The van der Waals surface area contributed by atoms with Gasteiger partial charge in [-0.3, -0.25) is 4.79 Å². The summed E-state index contributed by atoms with van der Waals surface area (Å²) in [5.41, 5.74) is 7.75. The predicted octanol–water partition coefficient (Wildman–Crippen LogP) is 3.69. The summed E-state index contributed by atoms with van der Waals surface area (Å²) in [6.45, 7) is 5.59. The van der Waals surface area contributed by atoms with Gasteiger partial charge in [0.25, 0.3) is 6.47 Å². The summed E-state index contributed by atoms with van der Waals surface area (Å²) in [7, 11) is 4.09. The third-order valence-corrected chi connectivity index (χ3v) is 6.81. The number of nitriles is 1. The number of hydrogen-bond acceptors (Lipinski definition) is 8. The number of rotatable bonds is 7. The van der Waals surface area contributed by atoms with Crippen molar-refractivity contribution >= 4 is 40.8 Å². The van der Waals surface area contributed by atoms with Crippen LogP contribution >= 0.6 is 23.5 Å². The van der Waals surface area contributed by atoms with Crippen LogP contribution in [0.4, 0.5) is 0 Å². The van der Waals surface area contributed by atoms with Gasteiger partial charge < -0.3 is 9.30 Å². The number of nitrogens with one attached hydrogen (secondary N) is 1. The van der Waals surface area contributed by atoms with Gasteiger partial charge in [-0.1, -0.05) is 0 Å². The molecule has 2 heterocycles. The SMILES string of the molecule is CCOC=O.Cc1ncsc1Cn1c2c(c3cc(C#N)ccc31)CC(NSN(C)C)C2. The quantitative estimate of drug-likeness (QED) is 0.428. The van der Waals surface area contributed by atoms with Crippen molar-refractivity contribution in [3.8, 4) is 6.07 Å². The Morgan fingerprint density at radius 3 is 2.84 bits per heavy atom. The van der Waals surface area contributed by atoms with E-state index in [2.05, 4.69) is 42.4 Å². The van der Waals surface area contributed by atoms with E-state index in [0.717, 1.165) is 30.6 Å². The van der Waals surface area contributed by atoms with Crippen LogP contribution in [0.2, 0.25) is 0 Å². The molecule has 164 valence electrons. The molecular formula is C22H27N5O2S2. The molecule has 3 aromatic rings. The molecule has 0 aliphatic heterocycles. The molecule has 31 heavy (non-hydrogen) atoms. The van der Waals surface area contributed by atoms with Gasteiger partial charge >= 0.3 is 0 Å². The Hall–Kier alpha value is -2.38. The third kappa shape index (κ3) is 5.46. The summed E-state index contributed by atoms with van der Waals surface area (Å²) in [5.74, 6) is 0. The number of aryl methyl sites for hydroxylation is 1. The minimum absolute atomic E-state index is 0.413. The van der Waals surface area contributed by atoms with Crippen molar-refractivity contribution in [3.63, 3.8) is 0 Å². The van der Waals surface area contributed by atoms with E-state index in [-0.39, 0.29) is 0 Å². The van der Waals surface area contributed by atoms with Crippen molar-refractivity contribution in [1.29, 1.82) is 5.26 Å². The minimum atomic E-state index is 0.413. The van der Waals surface area contributed by atoms with Crippen molar-refractivity contribution in [2.45, 2.75) is 39.3 Å². The number of benzene rings is 1. The van der Waals surface area contributed by atoms with Gasteiger partial charge in [0, 0.05) is 46.1 Å². The first-order valence-electron chi connectivity index (χ1n) is 10.1. The first kappa shape index (κ1) is 23.3. The monoisotopic (exact) mass is 457 g/mol. The van der Waals surface area contributed by atoms with E-state index in [9.17, 15) is 10.1 Å². The molecule has 0 spiro atoms. The summed E-state index contributed by atoms with van der Waals surface area (Å²) >= 11 is 3.36. The van der Waals surface area contributed by atoms with Crippen LogP contribution in [0.25, 0.3) is 10.9 Å². The zero-order valence-corrected chi connectivity index (χ0v) is 19.8. The number of aromatic nitrogens is 2. The Morgan fingerprint density at radius 2 is 2.26 bits per heavy atom. The molecule has 0 saturated heterocycles. The fourth-order valence-electron chi connectivity index (χ4n) is 3.69. The van der Waals surface area contributed by atoms with Crippen LogP contribution in [0.3, 0.4) is 0 Å². The van der Waals surface area contributed by atoms with Crippen LogP contribution in [-0.4, -0.2) is 47.1 Å². The molecule has 9 heteroatoms. The number of thiazole rings is 1. The van der Waals surface area contributed by atoms with Gasteiger partial charge in [-0.15, -0.1) is 11.3 Å². The fraction of sp³-hybridized carbons (Fsp3) is 0.409. The fourth-order valence-corrected chi connectivity index (χ4v) is 4.98. The predicted molar refractivity (Wildman–Crippen MR) is 126 cm³/mol. The number of fused-ring (bicyclic) bond motifs is 3. The van der Waals surface area contributed by atoms with Gasteiger partial charge in [0.2, 0.25) is 0 Å². The molecule has 1 N–H and O–H groups in total. The molecule has 0 saturated carbocycles. The van der Waals surface area contributed by atoms with Gasteiger partial charge in [0.15, 0.2) is 0 Å². The molecule has 1 unspecified atom stereocenters. The molecule has 7 nitrogen and oxygen atoms in total. The van der Waals surface area contributed by atoms with Crippen LogP contribution in [-0.2, 0) is 28.9 Å². The average molecular weight is 458 g/mol. The second-order valence-electron chi connectivity index (χ2n) is 7.39. The lowest BCUT2D eigenvalue weighted by Crippen LogP contribution is -2.27. The highest BCUT2D eigenvalue weighted by Crippen LogP contribution is 2.35. The third-order valence-electron chi connectivity index (χ3n) is 5.09. The first-order chi connectivity index (χ1) is 15.0. The molecule has 1 aromatic carbocycles. The van der Waals surface area contributed by atoms with Crippen LogP contribution in [0.15, 0.2) is 23.7 Å². The van der Waals surface area contributed by atoms with Gasteiger partial charge in [-0.05, 0) is 58.1 Å². The smallest absolute Gasteiger partial charge is 0.293 e. The van der Waals surface area contributed by atoms with Gasteiger partial charge in [-0.25, -0.2) is 14.0 Å². The van der Waals surface area contributed by atoms with Crippen molar-refractivity contribution in [2.75, 3.05) is 20.7 Å². The van der Waals surface area contributed by atoms with Crippen molar-refractivity contribution in [3.05, 3.63) is 51.1 Å². The molecule has 1 atom stereocenters. The van der Waals surface area contributed by atoms with E-state index < -0.39 is 0 Å². The standard InChI is InChI=1S/C19H21N5S2.C3H6O2/c1-12-19(25-11-21-12)10-24-17-5-4-13(9-20)6-15(17)16-7-14(8-18(16)24)22-26-23(2)3;1-2-5-3-4/h4-6,11,14,22H,7-8,10H2,1-3H3;3H,2H2,1H3. The Kier molecular flexibility index (Phi) is 8.09. The highest BCUT2D eigenvalue weighted by Gasteiger charge is 2.29. The molecule has 4 rings (SSSR count). The summed E-state index contributed by atoms with van der Waals surface area (Å²) in [6.07, 6.45) is 2.00. The van der Waals surface area contributed by atoms with Crippen molar-refractivity contribution in [1.82, 2.24) is 18.6 Å². The van der Waals surface area contributed by atoms with Gasteiger partial charge in [0.1, 0.15) is 0 Å². The van der Waals surface area contributed by atoms with E-state index in [1.807, 2.05) is 31.7 Å². The zero-order chi connectivity index (χ0) is 22.4. The first-order valence-corrected chi connectivity index (χ1v) is 11.7. The van der Waals surface area contributed by atoms with E-state index >= 15 is 0 Å². The van der Waals surface area contributed by atoms with E-state index in [4.69, 9.17) is 0 Å².